The average Bonchev–Trinajstić information content (AvgIpc) is 3.10. The lowest BCUT2D eigenvalue weighted by Crippen LogP contribution is -2.64. The van der Waals surface area contributed by atoms with Crippen LogP contribution in [0, 0.1) is 0 Å². The Kier molecular flexibility index (Phi) is 13.2. The molecule has 2 heterocycles. The number of aliphatic hydroxyl groups excluding tert-OH is 6. The van der Waals surface area contributed by atoms with Gasteiger partial charge in [-0.15, -0.1) is 0 Å². The molecule has 2 fully saturated rings. The fourth-order valence-electron chi connectivity index (χ4n) is 5.13. The predicted octanol–water partition coefficient (Wildman–Crippen LogP) is -0.282. The van der Waals surface area contributed by atoms with Crippen LogP contribution in [-0.4, -0.2) is 138 Å². The normalized spacial score (nSPS) is 30.3. The Morgan fingerprint density at radius 1 is 0.796 bits per heavy atom. The molecule has 0 radical (unpaired) electrons. The number of phenolic OH excluding ortho intramolecular Hbond substituents is 1. The molecule has 4 rings (SSSR count). The first-order valence-electron chi connectivity index (χ1n) is 15.2. The van der Waals surface area contributed by atoms with Gasteiger partial charge in [-0.2, -0.15) is 0 Å². The second kappa shape index (κ2) is 17.1. The van der Waals surface area contributed by atoms with Crippen molar-refractivity contribution < 1.29 is 78.4 Å². The van der Waals surface area contributed by atoms with Crippen molar-refractivity contribution in [3.63, 3.8) is 0 Å². The van der Waals surface area contributed by atoms with Gasteiger partial charge in [0.05, 0.1) is 34.0 Å². The predicted molar refractivity (Wildman–Crippen MR) is 169 cm³/mol. The van der Waals surface area contributed by atoms with Gasteiger partial charge < -0.3 is 73.6 Å². The quantitative estimate of drug-likeness (QED) is 0.106. The third-order valence-corrected chi connectivity index (χ3v) is 7.89. The second-order valence-electron chi connectivity index (χ2n) is 11.2. The molecule has 0 aromatic heterocycles. The lowest BCUT2D eigenvalue weighted by molar-refractivity contribution is -0.354. The van der Waals surface area contributed by atoms with Crippen LogP contribution < -0.4 is 18.9 Å². The van der Waals surface area contributed by atoms with Crippen molar-refractivity contribution in [2.75, 3.05) is 34.5 Å². The Labute approximate surface area is 281 Å². The summed E-state index contributed by atoms with van der Waals surface area (Å²) in [7, 11) is 4.13. The topological polar surface area (TPSA) is 233 Å². The smallest absolute Gasteiger partial charge is 0.331 e. The van der Waals surface area contributed by atoms with Gasteiger partial charge in [0.1, 0.15) is 43.2 Å². The molecule has 2 aliphatic heterocycles. The van der Waals surface area contributed by atoms with Crippen molar-refractivity contribution in [1.82, 2.24) is 0 Å². The van der Waals surface area contributed by atoms with Crippen molar-refractivity contribution in [3.05, 3.63) is 53.6 Å². The van der Waals surface area contributed by atoms with Gasteiger partial charge in [-0.25, -0.2) is 4.79 Å². The average molecular weight is 695 g/mol. The first-order valence-corrected chi connectivity index (χ1v) is 15.2. The van der Waals surface area contributed by atoms with Crippen LogP contribution in [0.4, 0.5) is 0 Å². The summed E-state index contributed by atoms with van der Waals surface area (Å²) in [4.78, 5) is 12.2. The van der Waals surface area contributed by atoms with Gasteiger partial charge in [-0.05, 0) is 54.5 Å². The number of methoxy groups -OCH3 is 3. The number of aliphatic hydroxyl groups is 6. The SMILES string of the molecule is COc1cc(/C=C/C(=O)OC/C=C/c2cc(OC)c(O[C@@H]3OC(CO)[C@@H](O)[C@H](O)C3OC3OC(C)C(O)C(O)C3O)c(OC)c2)ccc1O. The Hall–Kier alpha value is -3.97. The van der Waals surface area contributed by atoms with E-state index in [-0.39, 0.29) is 35.4 Å². The number of rotatable bonds is 13. The van der Waals surface area contributed by atoms with Crippen LogP contribution in [-0.2, 0) is 23.7 Å². The summed E-state index contributed by atoms with van der Waals surface area (Å²) in [5, 5.41) is 71.7. The molecule has 16 nitrogen and oxygen atoms in total. The standard InChI is InChI=1S/C33H42O16/c1-16-25(37)27(39)29(41)32(46-16)49-31-28(40)26(38)23(15-34)47-33(31)48-30-21(43-3)13-18(14-22(30)44-4)6-5-11-45-24(36)10-8-17-7-9-19(35)20(12-17)42-2/h5-10,12-14,16,23,25-29,31-35,37-41H,11,15H2,1-4H3/b6-5+,10-8+/t16?,23?,25?,26-,27?,28+,29?,31?,32?,33+/m1/s1. The van der Waals surface area contributed by atoms with E-state index in [0.29, 0.717) is 11.1 Å². The molecule has 0 spiro atoms. The van der Waals surface area contributed by atoms with Gasteiger partial charge >= 0.3 is 5.97 Å². The highest BCUT2D eigenvalue weighted by atomic mass is 16.8. The van der Waals surface area contributed by atoms with Gasteiger partial charge in [0, 0.05) is 6.08 Å². The van der Waals surface area contributed by atoms with Crippen molar-refractivity contribution in [1.29, 1.82) is 0 Å². The minimum atomic E-state index is -1.74. The van der Waals surface area contributed by atoms with E-state index in [2.05, 4.69) is 0 Å². The Morgan fingerprint density at radius 2 is 1.45 bits per heavy atom. The van der Waals surface area contributed by atoms with Crippen LogP contribution in [0.15, 0.2) is 42.5 Å². The zero-order valence-electron chi connectivity index (χ0n) is 27.2. The summed E-state index contributed by atoms with van der Waals surface area (Å²) in [6.45, 7) is 0.667. The van der Waals surface area contributed by atoms with E-state index in [9.17, 15) is 40.5 Å². The molecule has 10 atom stereocenters. The number of phenols is 1. The van der Waals surface area contributed by atoms with E-state index in [1.165, 1.54) is 46.5 Å². The van der Waals surface area contributed by atoms with Gasteiger partial charge in [0.15, 0.2) is 35.4 Å². The molecular weight excluding hydrogens is 652 g/mol. The number of hydrogen-bond acceptors (Lipinski definition) is 16. The van der Waals surface area contributed by atoms with Gasteiger partial charge in [0.2, 0.25) is 12.0 Å². The fraction of sp³-hybridized carbons (Fsp3) is 0.485. The van der Waals surface area contributed by atoms with E-state index in [0.717, 1.165) is 0 Å². The van der Waals surface area contributed by atoms with Crippen molar-refractivity contribution in [3.8, 4) is 28.7 Å². The first-order chi connectivity index (χ1) is 23.4. The molecule has 0 amide bonds. The first kappa shape index (κ1) is 37.8. The molecule has 0 saturated carbocycles. The lowest BCUT2D eigenvalue weighted by atomic mass is 9.97. The molecule has 270 valence electrons. The number of carbonyl (C=O) groups excluding carboxylic acids is 1. The van der Waals surface area contributed by atoms with Gasteiger partial charge in [0.25, 0.3) is 0 Å². The highest BCUT2D eigenvalue weighted by Gasteiger charge is 2.51. The molecular formula is C33H42O16. The van der Waals surface area contributed by atoms with Crippen LogP contribution in [0.5, 0.6) is 28.7 Å². The third kappa shape index (κ3) is 8.99. The van der Waals surface area contributed by atoms with Gasteiger partial charge in [-0.3, -0.25) is 0 Å². The Balaban J connectivity index is 1.48. The van der Waals surface area contributed by atoms with Crippen LogP contribution in [0.3, 0.4) is 0 Å². The van der Waals surface area contributed by atoms with Gasteiger partial charge in [-0.1, -0.05) is 12.1 Å². The zero-order valence-corrected chi connectivity index (χ0v) is 27.2. The number of esters is 1. The summed E-state index contributed by atoms with van der Waals surface area (Å²) in [5.41, 5.74) is 1.16. The van der Waals surface area contributed by atoms with Crippen LogP contribution >= 0.6 is 0 Å². The summed E-state index contributed by atoms with van der Waals surface area (Å²) >= 11 is 0. The number of benzene rings is 2. The highest BCUT2D eigenvalue weighted by molar-refractivity contribution is 5.87. The number of aromatic hydroxyl groups is 1. The van der Waals surface area contributed by atoms with Crippen molar-refractivity contribution in [2.24, 2.45) is 0 Å². The zero-order chi connectivity index (χ0) is 35.8. The Bertz CT molecular complexity index is 1440. The second-order valence-corrected chi connectivity index (χ2v) is 11.2. The fourth-order valence-corrected chi connectivity index (χ4v) is 5.13. The van der Waals surface area contributed by atoms with Crippen molar-refractivity contribution in [2.45, 2.75) is 68.3 Å². The minimum absolute atomic E-state index is 0.0163. The van der Waals surface area contributed by atoms with E-state index in [4.69, 9.17) is 37.9 Å². The molecule has 0 bridgehead atoms. The number of ether oxygens (including phenoxy) is 8. The maximum Gasteiger partial charge on any atom is 0.331 e. The summed E-state index contributed by atoms with van der Waals surface area (Å²) in [5.74, 6) is -0.131. The summed E-state index contributed by atoms with van der Waals surface area (Å²) < 4.78 is 44.3. The number of hydrogen-bond donors (Lipinski definition) is 7. The highest BCUT2D eigenvalue weighted by Crippen LogP contribution is 2.41. The van der Waals surface area contributed by atoms with E-state index >= 15 is 0 Å². The third-order valence-electron chi connectivity index (χ3n) is 7.89. The van der Waals surface area contributed by atoms with Crippen LogP contribution in [0.2, 0.25) is 0 Å². The molecule has 0 aliphatic carbocycles. The molecule has 49 heavy (non-hydrogen) atoms. The van der Waals surface area contributed by atoms with Crippen molar-refractivity contribution >= 4 is 18.1 Å². The van der Waals surface area contributed by atoms with Crippen LogP contribution in [0.25, 0.3) is 12.2 Å². The molecule has 2 aromatic carbocycles. The molecule has 2 aliphatic rings. The van der Waals surface area contributed by atoms with E-state index < -0.39 is 74.0 Å². The summed E-state index contributed by atoms with van der Waals surface area (Å²) in [6.07, 6.45) is -9.15. The monoisotopic (exact) mass is 694 g/mol. The molecule has 2 saturated heterocycles. The lowest BCUT2D eigenvalue weighted by Gasteiger charge is -2.45. The van der Waals surface area contributed by atoms with E-state index in [1.54, 1.807) is 36.4 Å². The van der Waals surface area contributed by atoms with E-state index in [1.807, 2.05) is 0 Å². The molecule has 7 unspecified atom stereocenters. The molecule has 7 N–H and O–H groups in total. The molecule has 16 heteroatoms. The minimum Gasteiger partial charge on any atom is -0.504 e. The molecule has 2 aromatic rings. The number of carbonyl (C=O) groups is 1. The largest absolute Gasteiger partial charge is 0.504 e. The summed E-state index contributed by atoms with van der Waals surface area (Å²) in [6, 6.07) is 7.73. The van der Waals surface area contributed by atoms with Crippen LogP contribution in [0.1, 0.15) is 18.1 Å². The maximum atomic E-state index is 12.2. The maximum absolute atomic E-state index is 12.2. The Morgan fingerprint density at radius 3 is 2.08 bits per heavy atom.